The number of thiazole rings is 1. The number of guanidine groups is 1. The van der Waals surface area contributed by atoms with E-state index < -0.39 is 0 Å². The predicted molar refractivity (Wildman–Crippen MR) is 124 cm³/mol. The molecule has 6 heteroatoms. The largest absolute Gasteiger partial charge is 0.490 e. The summed E-state index contributed by atoms with van der Waals surface area (Å²) in [4.78, 5) is 11.6. The van der Waals surface area contributed by atoms with E-state index in [1.807, 2.05) is 43.4 Å². The second-order valence-electron chi connectivity index (χ2n) is 7.35. The molecule has 2 aromatic carbocycles. The van der Waals surface area contributed by atoms with Gasteiger partial charge in [-0.3, -0.25) is 4.99 Å². The Hall–Kier alpha value is -2.86. The summed E-state index contributed by atoms with van der Waals surface area (Å²) in [6.07, 6.45) is 3.16. The van der Waals surface area contributed by atoms with Crippen molar-refractivity contribution in [2.24, 2.45) is 4.99 Å². The number of ether oxygens (including phenoxy) is 1. The van der Waals surface area contributed by atoms with Crippen LogP contribution in [0.15, 0.2) is 71.0 Å². The number of hydrogen-bond donors (Lipinski definition) is 1. The van der Waals surface area contributed by atoms with Crippen LogP contribution in [0.2, 0.25) is 0 Å². The van der Waals surface area contributed by atoms with E-state index in [0.29, 0.717) is 0 Å². The topological polar surface area (TPSA) is 49.8 Å². The quantitative estimate of drug-likeness (QED) is 0.472. The summed E-state index contributed by atoms with van der Waals surface area (Å²) in [6.45, 7) is 2.73. The van der Waals surface area contributed by atoms with Gasteiger partial charge in [-0.2, -0.15) is 0 Å². The normalized spacial score (nSPS) is 15.2. The van der Waals surface area contributed by atoms with Crippen LogP contribution >= 0.6 is 11.3 Å². The van der Waals surface area contributed by atoms with Gasteiger partial charge in [-0.15, -0.1) is 11.3 Å². The number of benzene rings is 2. The smallest absolute Gasteiger partial charge is 0.193 e. The Morgan fingerprint density at radius 3 is 2.50 bits per heavy atom. The first-order chi connectivity index (χ1) is 14.8. The van der Waals surface area contributed by atoms with E-state index in [9.17, 15) is 0 Å². The fourth-order valence-electron chi connectivity index (χ4n) is 3.65. The number of piperidine rings is 1. The molecule has 1 saturated heterocycles. The van der Waals surface area contributed by atoms with Gasteiger partial charge >= 0.3 is 0 Å². The van der Waals surface area contributed by atoms with Gasteiger partial charge in [-0.1, -0.05) is 48.5 Å². The average molecular weight is 421 g/mol. The molecule has 1 aliphatic rings. The molecule has 4 rings (SSSR count). The molecule has 1 aliphatic heterocycles. The molecule has 0 aliphatic carbocycles. The first kappa shape index (κ1) is 20.4. The molecular formula is C24H28N4OS. The van der Waals surface area contributed by atoms with Crippen LogP contribution in [0.5, 0.6) is 5.75 Å². The number of aromatic nitrogens is 1. The highest BCUT2D eigenvalue weighted by atomic mass is 32.1. The first-order valence-electron chi connectivity index (χ1n) is 10.5. The van der Waals surface area contributed by atoms with Crippen molar-refractivity contribution < 1.29 is 4.74 Å². The standard InChI is InChI=1S/C24H28N4OS/c1-25-24(28-16-13-22(14-17-28)29-21-10-6-3-7-11-21)26-15-12-20-18-30-23(27-20)19-8-4-2-5-9-19/h2-11,18,22H,12-17H2,1H3,(H,25,26). The maximum absolute atomic E-state index is 6.10. The van der Waals surface area contributed by atoms with Gasteiger partial charge in [0.25, 0.3) is 0 Å². The summed E-state index contributed by atoms with van der Waals surface area (Å²) in [5.74, 6) is 1.92. The molecule has 0 spiro atoms. The highest BCUT2D eigenvalue weighted by molar-refractivity contribution is 7.13. The van der Waals surface area contributed by atoms with Crippen molar-refractivity contribution in [3.63, 3.8) is 0 Å². The highest BCUT2D eigenvalue weighted by Crippen LogP contribution is 2.23. The van der Waals surface area contributed by atoms with Gasteiger partial charge in [-0.25, -0.2) is 4.98 Å². The van der Waals surface area contributed by atoms with Crippen molar-refractivity contribution in [2.45, 2.75) is 25.4 Å². The molecule has 5 nitrogen and oxygen atoms in total. The molecular weight excluding hydrogens is 392 g/mol. The van der Waals surface area contributed by atoms with Crippen LogP contribution in [0.25, 0.3) is 10.6 Å². The average Bonchev–Trinajstić information content (AvgIpc) is 3.28. The van der Waals surface area contributed by atoms with Crippen molar-refractivity contribution in [1.29, 1.82) is 0 Å². The number of aliphatic imine (C=N–C) groups is 1. The molecule has 30 heavy (non-hydrogen) atoms. The van der Waals surface area contributed by atoms with Crippen LogP contribution in [0.4, 0.5) is 0 Å². The fraction of sp³-hybridized carbons (Fsp3) is 0.333. The second-order valence-corrected chi connectivity index (χ2v) is 8.21. The zero-order valence-electron chi connectivity index (χ0n) is 17.3. The minimum Gasteiger partial charge on any atom is -0.490 e. The van der Waals surface area contributed by atoms with Crippen LogP contribution in [0.1, 0.15) is 18.5 Å². The minimum atomic E-state index is 0.271. The molecule has 156 valence electrons. The lowest BCUT2D eigenvalue weighted by atomic mass is 10.1. The molecule has 0 atom stereocenters. The molecule has 1 N–H and O–H groups in total. The van der Waals surface area contributed by atoms with Crippen LogP contribution in [0.3, 0.4) is 0 Å². The Bertz CT molecular complexity index is 934. The van der Waals surface area contributed by atoms with E-state index in [4.69, 9.17) is 9.72 Å². The number of likely N-dealkylation sites (tertiary alicyclic amines) is 1. The number of nitrogens with zero attached hydrogens (tertiary/aromatic N) is 3. The van der Waals surface area contributed by atoms with Gasteiger partial charge in [-0.05, 0) is 12.1 Å². The molecule has 0 unspecified atom stereocenters. The number of rotatable bonds is 6. The predicted octanol–water partition coefficient (Wildman–Crippen LogP) is 4.47. The Morgan fingerprint density at radius 2 is 1.80 bits per heavy atom. The van der Waals surface area contributed by atoms with Gasteiger partial charge < -0.3 is 15.0 Å². The Morgan fingerprint density at radius 1 is 1.10 bits per heavy atom. The summed E-state index contributed by atoms with van der Waals surface area (Å²) in [5, 5.41) is 6.73. The molecule has 1 aromatic heterocycles. The summed E-state index contributed by atoms with van der Waals surface area (Å²) in [6, 6.07) is 20.4. The summed E-state index contributed by atoms with van der Waals surface area (Å²) >= 11 is 1.70. The van der Waals surface area contributed by atoms with Crippen molar-refractivity contribution in [3.8, 4) is 16.3 Å². The number of nitrogens with one attached hydrogen (secondary N) is 1. The van der Waals surface area contributed by atoms with E-state index in [1.165, 1.54) is 5.56 Å². The minimum absolute atomic E-state index is 0.271. The van der Waals surface area contributed by atoms with Crippen LogP contribution in [-0.2, 0) is 6.42 Å². The Balaban J connectivity index is 1.22. The van der Waals surface area contributed by atoms with Crippen LogP contribution in [-0.4, -0.2) is 48.6 Å². The number of para-hydroxylation sites is 1. The first-order valence-corrected chi connectivity index (χ1v) is 11.4. The fourth-order valence-corrected chi connectivity index (χ4v) is 4.51. The Labute approximate surface area is 182 Å². The van der Waals surface area contributed by atoms with Gasteiger partial charge in [0.15, 0.2) is 5.96 Å². The van der Waals surface area contributed by atoms with Crippen molar-refractivity contribution in [3.05, 3.63) is 71.7 Å². The molecule has 2 heterocycles. The van der Waals surface area contributed by atoms with Gasteiger partial charge in [0.1, 0.15) is 16.9 Å². The summed E-state index contributed by atoms with van der Waals surface area (Å²) < 4.78 is 6.10. The van der Waals surface area contributed by atoms with Gasteiger partial charge in [0.05, 0.1) is 5.69 Å². The third-order valence-electron chi connectivity index (χ3n) is 5.24. The third-order valence-corrected chi connectivity index (χ3v) is 6.18. The second kappa shape index (κ2) is 10.3. The maximum Gasteiger partial charge on any atom is 0.193 e. The molecule has 1 fully saturated rings. The van der Waals surface area contributed by atoms with E-state index in [-0.39, 0.29) is 6.10 Å². The highest BCUT2D eigenvalue weighted by Gasteiger charge is 2.22. The molecule has 0 saturated carbocycles. The monoisotopic (exact) mass is 420 g/mol. The van der Waals surface area contributed by atoms with Gasteiger partial charge in [0, 0.05) is 56.9 Å². The van der Waals surface area contributed by atoms with E-state index in [1.54, 1.807) is 11.3 Å². The molecule has 0 amide bonds. The number of hydrogen-bond acceptors (Lipinski definition) is 4. The SMILES string of the molecule is CN=C(NCCc1csc(-c2ccccc2)n1)N1CCC(Oc2ccccc2)CC1. The zero-order valence-corrected chi connectivity index (χ0v) is 18.1. The zero-order chi connectivity index (χ0) is 20.6. The summed E-state index contributed by atoms with van der Waals surface area (Å²) in [5.41, 5.74) is 2.30. The van der Waals surface area contributed by atoms with E-state index >= 15 is 0 Å². The van der Waals surface area contributed by atoms with E-state index in [2.05, 4.69) is 44.9 Å². The lowest BCUT2D eigenvalue weighted by Gasteiger charge is -2.34. The lowest BCUT2D eigenvalue weighted by molar-refractivity contribution is 0.129. The molecule has 0 bridgehead atoms. The Kier molecular flexibility index (Phi) is 6.98. The summed E-state index contributed by atoms with van der Waals surface area (Å²) in [7, 11) is 1.85. The van der Waals surface area contributed by atoms with Crippen LogP contribution < -0.4 is 10.1 Å². The van der Waals surface area contributed by atoms with Crippen LogP contribution in [0, 0.1) is 0 Å². The van der Waals surface area contributed by atoms with E-state index in [0.717, 1.165) is 61.3 Å². The molecule has 3 aromatic rings. The van der Waals surface area contributed by atoms with Crippen molar-refractivity contribution in [2.75, 3.05) is 26.7 Å². The van der Waals surface area contributed by atoms with Crippen molar-refractivity contribution in [1.82, 2.24) is 15.2 Å². The molecule has 0 radical (unpaired) electrons. The lowest BCUT2D eigenvalue weighted by Crippen LogP contribution is -2.47. The van der Waals surface area contributed by atoms with Gasteiger partial charge in [0.2, 0.25) is 0 Å². The third kappa shape index (κ3) is 5.39. The van der Waals surface area contributed by atoms with Crippen molar-refractivity contribution >= 4 is 17.3 Å². The maximum atomic E-state index is 6.10.